The Balaban J connectivity index is 1.86. The number of fused-ring (bicyclic) bond motifs is 1. The molecule has 2 aromatic rings. The number of carbonyl (C=O) groups excluding carboxylic acids is 1. The zero-order valence-corrected chi connectivity index (χ0v) is 14.7. The molecule has 1 fully saturated rings. The molecule has 6 nitrogen and oxygen atoms in total. The maximum absolute atomic E-state index is 14.2. The molecular formula is C16H20ClFN4O2. The van der Waals surface area contributed by atoms with Crippen LogP contribution in [0.4, 0.5) is 9.18 Å². The molecule has 2 aromatic heterocycles. The lowest BCUT2D eigenvalue weighted by Crippen LogP contribution is -2.43. The summed E-state index contributed by atoms with van der Waals surface area (Å²) in [5, 5.41) is 0.310. The van der Waals surface area contributed by atoms with E-state index in [9.17, 15) is 9.18 Å². The zero-order chi connectivity index (χ0) is 17.5. The summed E-state index contributed by atoms with van der Waals surface area (Å²) >= 11 is 5.98. The van der Waals surface area contributed by atoms with Gasteiger partial charge in [0.25, 0.3) is 0 Å². The van der Waals surface area contributed by atoms with Crippen molar-refractivity contribution < 1.29 is 13.9 Å². The minimum Gasteiger partial charge on any atom is -0.444 e. The largest absolute Gasteiger partial charge is 0.444 e. The topological polar surface area (TPSA) is 60.2 Å². The molecule has 24 heavy (non-hydrogen) atoms. The minimum absolute atomic E-state index is 0.0794. The molecule has 1 aliphatic heterocycles. The molecule has 0 aromatic carbocycles. The van der Waals surface area contributed by atoms with Crippen molar-refractivity contribution in [3.05, 3.63) is 23.5 Å². The molecule has 0 aliphatic carbocycles. The van der Waals surface area contributed by atoms with Crippen molar-refractivity contribution in [3.8, 4) is 0 Å². The summed E-state index contributed by atoms with van der Waals surface area (Å²) in [4.78, 5) is 21.9. The maximum atomic E-state index is 14.2. The third kappa shape index (κ3) is 3.31. The molecule has 1 saturated heterocycles. The van der Waals surface area contributed by atoms with Gasteiger partial charge in [0.2, 0.25) is 0 Å². The Labute approximate surface area is 144 Å². The van der Waals surface area contributed by atoms with Gasteiger partial charge in [-0.15, -0.1) is 0 Å². The lowest BCUT2D eigenvalue weighted by atomic mass is 10.1. The fraction of sp³-hybridized carbons (Fsp3) is 0.562. The van der Waals surface area contributed by atoms with Gasteiger partial charge in [0, 0.05) is 19.3 Å². The monoisotopic (exact) mass is 354 g/mol. The van der Waals surface area contributed by atoms with Crippen LogP contribution in [0, 0.1) is 5.82 Å². The highest BCUT2D eigenvalue weighted by molar-refractivity contribution is 6.34. The Kier molecular flexibility index (Phi) is 4.38. The van der Waals surface area contributed by atoms with E-state index in [0.29, 0.717) is 18.7 Å². The molecule has 1 unspecified atom stereocenters. The molecule has 3 rings (SSSR count). The Morgan fingerprint density at radius 3 is 2.88 bits per heavy atom. The van der Waals surface area contributed by atoms with Crippen molar-refractivity contribution in [2.75, 3.05) is 13.1 Å². The van der Waals surface area contributed by atoms with E-state index in [-0.39, 0.29) is 22.7 Å². The molecule has 1 atom stereocenters. The van der Waals surface area contributed by atoms with Crippen LogP contribution in [0.5, 0.6) is 0 Å². The Morgan fingerprint density at radius 1 is 1.42 bits per heavy atom. The van der Waals surface area contributed by atoms with Gasteiger partial charge in [-0.2, -0.15) is 0 Å². The van der Waals surface area contributed by atoms with Crippen LogP contribution in [0.2, 0.25) is 5.15 Å². The number of likely N-dealkylation sites (tertiary alicyclic amines) is 1. The highest BCUT2D eigenvalue weighted by atomic mass is 35.5. The van der Waals surface area contributed by atoms with Crippen LogP contribution < -0.4 is 0 Å². The molecule has 0 saturated carbocycles. The standard InChI is InChI=1S/C16H20ClFN4O2/c1-16(2,3)24-15(23)21-6-4-5-10(7-21)22-8-11(18)12-13(17)19-9-20-14(12)22/h8-10H,4-7H2,1-3H3. The number of halogens is 2. The third-order valence-corrected chi connectivity index (χ3v) is 4.25. The quantitative estimate of drug-likeness (QED) is 0.731. The van der Waals surface area contributed by atoms with Crippen LogP contribution in [0.15, 0.2) is 12.5 Å². The number of amides is 1. The second-order valence-electron chi connectivity index (χ2n) is 6.97. The summed E-state index contributed by atoms with van der Waals surface area (Å²) in [5.41, 5.74) is -0.0969. The van der Waals surface area contributed by atoms with E-state index in [1.165, 1.54) is 12.5 Å². The molecule has 130 valence electrons. The van der Waals surface area contributed by atoms with E-state index in [2.05, 4.69) is 9.97 Å². The highest BCUT2D eigenvalue weighted by Crippen LogP contribution is 2.30. The van der Waals surface area contributed by atoms with Gasteiger partial charge in [-0.25, -0.2) is 19.2 Å². The number of carbonyl (C=O) groups is 1. The van der Waals surface area contributed by atoms with Crippen LogP contribution in [0.25, 0.3) is 11.0 Å². The van der Waals surface area contributed by atoms with E-state index in [1.54, 1.807) is 9.47 Å². The van der Waals surface area contributed by atoms with E-state index in [1.807, 2.05) is 20.8 Å². The van der Waals surface area contributed by atoms with Gasteiger partial charge in [-0.05, 0) is 33.6 Å². The second-order valence-corrected chi connectivity index (χ2v) is 7.33. The number of hydrogen-bond donors (Lipinski definition) is 0. The van der Waals surface area contributed by atoms with Crippen molar-refractivity contribution in [1.29, 1.82) is 0 Å². The highest BCUT2D eigenvalue weighted by Gasteiger charge is 2.30. The van der Waals surface area contributed by atoms with Crippen molar-refractivity contribution in [1.82, 2.24) is 19.4 Å². The number of rotatable bonds is 1. The van der Waals surface area contributed by atoms with Crippen LogP contribution >= 0.6 is 11.6 Å². The number of piperidine rings is 1. The van der Waals surface area contributed by atoms with E-state index in [0.717, 1.165) is 12.8 Å². The molecule has 0 bridgehead atoms. The van der Waals surface area contributed by atoms with Gasteiger partial charge < -0.3 is 14.2 Å². The van der Waals surface area contributed by atoms with Crippen molar-refractivity contribution in [3.63, 3.8) is 0 Å². The molecular weight excluding hydrogens is 335 g/mol. The molecule has 0 radical (unpaired) electrons. The summed E-state index contributed by atoms with van der Waals surface area (Å²) in [5.74, 6) is -0.454. The average molecular weight is 355 g/mol. The Bertz CT molecular complexity index is 771. The normalized spacial score (nSPS) is 18.9. The number of hydrogen-bond acceptors (Lipinski definition) is 4. The predicted molar refractivity (Wildman–Crippen MR) is 88.6 cm³/mol. The lowest BCUT2D eigenvalue weighted by molar-refractivity contribution is 0.0174. The van der Waals surface area contributed by atoms with Gasteiger partial charge >= 0.3 is 6.09 Å². The first-order chi connectivity index (χ1) is 11.3. The maximum Gasteiger partial charge on any atom is 0.410 e. The average Bonchev–Trinajstić information content (AvgIpc) is 2.84. The first-order valence-corrected chi connectivity index (χ1v) is 8.28. The van der Waals surface area contributed by atoms with Gasteiger partial charge in [0.05, 0.1) is 11.4 Å². The number of nitrogens with zero attached hydrogens (tertiary/aromatic N) is 4. The van der Waals surface area contributed by atoms with E-state index >= 15 is 0 Å². The first kappa shape index (κ1) is 17.0. The summed E-state index contributed by atoms with van der Waals surface area (Å²) in [6, 6.07) is -0.0794. The van der Waals surface area contributed by atoms with Crippen LogP contribution in [-0.2, 0) is 4.74 Å². The molecule has 0 spiro atoms. The van der Waals surface area contributed by atoms with E-state index < -0.39 is 11.4 Å². The lowest BCUT2D eigenvalue weighted by Gasteiger charge is -2.34. The van der Waals surface area contributed by atoms with E-state index in [4.69, 9.17) is 16.3 Å². The molecule has 3 heterocycles. The number of aromatic nitrogens is 3. The van der Waals surface area contributed by atoms with Crippen LogP contribution in [0.1, 0.15) is 39.7 Å². The fourth-order valence-electron chi connectivity index (χ4n) is 2.96. The van der Waals surface area contributed by atoms with Gasteiger partial charge in [-0.1, -0.05) is 11.6 Å². The SMILES string of the molecule is CC(C)(C)OC(=O)N1CCCC(n2cc(F)c3c(Cl)ncnc32)C1. The molecule has 8 heteroatoms. The van der Waals surface area contributed by atoms with Gasteiger partial charge in [0.15, 0.2) is 5.82 Å². The van der Waals surface area contributed by atoms with Crippen molar-refractivity contribution in [2.24, 2.45) is 0 Å². The number of ether oxygens (including phenoxy) is 1. The van der Waals surface area contributed by atoms with Crippen molar-refractivity contribution in [2.45, 2.75) is 45.3 Å². The molecule has 1 amide bonds. The van der Waals surface area contributed by atoms with Crippen LogP contribution in [0.3, 0.4) is 0 Å². The smallest absolute Gasteiger partial charge is 0.410 e. The summed E-state index contributed by atoms with van der Waals surface area (Å²) in [7, 11) is 0. The Hall–Kier alpha value is -1.89. The molecule has 1 aliphatic rings. The van der Waals surface area contributed by atoms with Gasteiger partial charge in [0.1, 0.15) is 22.7 Å². The fourth-order valence-corrected chi connectivity index (χ4v) is 3.18. The minimum atomic E-state index is -0.545. The van der Waals surface area contributed by atoms with Crippen molar-refractivity contribution >= 4 is 28.7 Å². The zero-order valence-electron chi connectivity index (χ0n) is 13.9. The summed E-state index contributed by atoms with van der Waals surface area (Å²) in [6.45, 7) is 6.57. The van der Waals surface area contributed by atoms with Crippen LogP contribution in [-0.4, -0.2) is 44.2 Å². The Morgan fingerprint density at radius 2 is 2.17 bits per heavy atom. The molecule has 0 N–H and O–H groups in total. The predicted octanol–water partition coefficient (Wildman–Crippen LogP) is 3.80. The summed E-state index contributed by atoms with van der Waals surface area (Å²) < 4.78 is 21.4. The second kappa shape index (κ2) is 6.20. The summed E-state index contributed by atoms with van der Waals surface area (Å²) in [6.07, 6.45) is 3.98. The van der Waals surface area contributed by atoms with Gasteiger partial charge in [-0.3, -0.25) is 0 Å². The third-order valence-electron chi connectivity index (χ3n) is 3.96. The first-order valence-electron chi connectivity index (χ1n) is 7.91.